The fourth-order valence-corrected chi connectivity index (χ4v) is 3.41. The molecule has 3 atom stereocenters. The van der Waals surface area contributed by atoms with Gasteiger partial charge in [0.15, 0.2) is 5.82 Å². The van der Waals surface area contributed by atoms with E-state index < -0.39 is 0 Å². The van der Waals surface area contributed by atoms with Crippen molar-refractivity contribution in [2.45, 2.75) is 83.0 Å². The molecule has 0 bridgehead atoms. The zero-order valence-corrected chi connectivity index (χ0v) is 14.4. The molecular weight excluding hydrogens is 302 g/mol. The molecule has 3 unspecified atom stereocenters. The number of hydrogen-bond acceptors (Lipinski definition) is 5. The third kappa shape index (κ3) is 3.63. The summed E-state index contributed by atoms with van der Waals surface area (Å²) in [5.41, 5.74) is 5.89. The lowest BCUT2D eigenvalue weighted by molar-refractivity contribution is -0.0547. The predicted molar refractivity (Wildman–Crippen MR) is 86.8 cm³/mol. The van der Waals surface area contributed by atoms with E-state index in [2.05, 4.69) is 24.0 Å². The topological polar surface area (TPSA) is 74.2 Å². The number of nitrogens with two attached hydrogens (primary N) is 1. The molecule has 1 aromatic rings. The Hall–Kier alpha value is -0.650. The van der Waals surface area contributed by atoms with Gasteiger partial charge in [-0.3, -0.25) is 0 Å². The molecule has 22 heavy (non-hydrogen) atoms. The smallest absolute Gasteiger partial charge is 0.255 e. The highest BCUT2D eigenvalue weighted by Crippen LogP contribution is 2.38. The van der Waals surface area contributed by atoms with Gasteiger partial charge in [-0.05, 0) is 44.4 Å². The molecule has 2 saturated carbocycles. The number of nitrogens with zero attached hydrogens (tertiary/aromatic N) is 2. The summed E-state index contributed by atoms with van der Waals surface area (Å²) in [6.07, 6.45) is 8.97. The maximum Gasteiger partial charge on any atom is 0.255 e. The van der Waals surface area contributed by atoms with Crippen molar-refractivity contribution in [3.8, 4) is 0 Å². The van der Waals surface area contributed by atoms with E-state index in [0.29, 0.717) is 17.8 Å². The molecule has 126 valence electrons. The quantitative estimate of drug-likeness (QED) is 0.887. The minimum atomic E-state index is -0.362. The second-order valence-electron chi connectivity index (χ2n) is 6.89. The third-order valence-electron chi connectivity index (χ3n) is 5.02. The van der Waals surface area contributed by atoms with Gasteiger partial charge in [-0.1, -0.05) is 31.8 Å². The number of aromatic nitrogens is 2. The van der Waals surface area contributed by atoms with Crippen LogP contribution in [-0.2, 0) is 10.3 Å². The molecule has 0 amide bonds. The average Bonchev–Trinajstić information content (AvgIpc) is 2.92. The molecular formula is C16H28ClN3O2. The van der Waals surface area contributed by atoms with Crippen LogP contribution >= 0.6 is 12.4 Å². The van der Waals surface area contributed by atoms with Gasteiger partial charge in [0, 0.05) is 0 Å². The monoisotopic (exact) mass is 329 g/mol. The van der Waals surface area contributed by atoms with Crippen LogP contribution in [0.2, 0.25) is 0 Å². The van der Waals surface area contributed by atoms with Gasteiger partial charge >= 0.3 is 0 Å². The van der Waals surface area contributed by atoms with Crippen LogP contribution in [0.1, 0.15) is 83.0 Å². The van der Waals surface area contributed by atoms with Crippen LogP contribution < -0.4 is 5.73 Å². The molecule has 0 spiro atoms. The van der Waals surface area contributed by atoms with Crippen molar-refractivity contribution in [2.24, 2.45) is 11.7 Å². The average molecular weight is 330 g/mol. The van der Waals surface area contributed by atoms with E-state index in [1.54, 1.807) is 0 Å². The first-order valence-electron chi connectivity index (χ1n) is 8.39. The van der Waals surface area contributed by atoms with Crippen LogP contribution in [0.25, 0.3) is 0 Å². The van der Waals surface area contributed by atoms with Crippen molar-refractivity contribution in [3.63, 3.8) is 0 Å². The molecule has 2 fully saturated rings. The first-order chi connectivity index (χ1) is 10.1. The highest BCUT2D eigenvalue weighted by Gasteiger charge is 2.39. The Morgan fingerprint density at radius 1 is 1.36 bits per heavy atom. The number of ether oxygens (including phenoxy) is 1. The summed E-state index contributed by atoms with van der Waals surface area (Å²) in [5, 5.41) is 4.10. The second kappa shape index (κ2) is 7.28. The van der Waals surface area contributed by atoms with Gasteiger partial charge in [0.2, 0.25) is 0 Å². The SMILES string of the molecule is CCC(OC1CCCC(C)C1)c1nc(C2(N)CCC2)no1.Cl. The molecule has 1 heterocycles. The van der Waals surface area contributed by atoms with Gasteiger partial charge in [-0.15, -0.1) is 12.4 Å². The van der Waals surface area contributed by atoms with Crippen molar-refractivity contribution in [1.82, 2.24) is 10.1 Å². The molecule has 2 N–H and O–H groups in total. The van der Waals surface area contributed by atoms with E-state index in [9.17, 15) is 0 Å². The van der Waals surface area contributed by atoms with Crippen LogP contribution in [0.3, 0.4) is 0 Å². The molecule has 0 saturated heterocycles. The van der Waals surface area contributed by atoms with Crippen molar-refractivity contribution >= 4 is 12.4 Å². The van der Waals surface area contributed by atoms with Crippen LogP contribution in [0, 0.1) is 5.92 Å². The zero-order chi connectivity index (χ0) is 14.9. The molecule has 3 rings (SSSR count). The Bertz CT molecular complexity index is 476. The molecule has 0 aromatic carbocycles. The Morgan fingerprint density at radius 3 is 2.73 bits per heavy atom. The van der Waals surface area contributed by atoms with Crippen molar-refractivity contribution in [1.29, 1.82) is 0 Å². The fraction of sp³-hybridized carbons (Fsp3) is 0.875. The lowest BCUT2D eigenvalue weighted by Gasteiger charge is -2.34. The van der Waals surface area contributed by atoms with E-state index in [0.717, 1.165) is 44.4 Å². The Balaban J connectivity index is 0.00000176. The molecule has 1 aromatic heterocycles. The summed E-state index contributed by atoms with van der Waals surface area (Å²) in [6.45, 7) is 4.40. The van der Waals surface area contributed by atoms with Gasteiger partial charge in [-0.25, -0.2) is 0 Å². The minimum Gasteiger partial charge on any atom is -0.365 e. The van der Waals surface area contributed by atoms with Crippen molar-refractivity contribution < 1.29 is 9.26 Å². The first-order valence-corrected chi connectivity index (χ1v) is 8.39. The van der Waals surface area contributed by atoms with Gasteiger partial charge in [0.25, 0.3) is 5.89 Å². The Morgan fingerprint density at radius 2 is 2.14 bits per heavy atom. The van der Waals surface area contributed by atoms with Crippen LogP contribution in [0.15, 0.2) is 4.52 Å². The van der Waals surface area contributed by atoms with E-state index in [-0.39, 0.29) is 24.0 Å². The van der Waals surface area contributed by atoms with Gasteiger partial charge in [-0.2, -0.15) is 4.98 Å². The lowest BCUT2D eigenvalue weighted by atomic mass is 9.77. The van der Waals surface area contributed by atoms with E-state index >= 15 is 0 Å². The van der Waals surface area contributed by atoms with Crippen LogP contribution in [0.5, 0.6) is 0 Å². The van der Waals surface area contributed by atoms with Gasteiger partial charge < -0.3 is 15.0 Å². The Kier molecular flexibility index (Phi) is 5.86. The van der Waals surface area contributed by atoms with Crippen LogP contribution in [-0.4, -0.2) is 16.2 Å². The van der Waals surface area contributed by atoms with Gasteiger partial charge in [0.1, 0.15) is 6.10 Å². The van der Waals surface area contributed by atoms with Crippen molar-refractivity contribution in [3.05, 3.63) is 11.7 Å². The zero-order valence-electron chi connectivity index (χ0n) is 13.6. The standard InChI is InChI=1S/C16H27N3O2.ClH/c1-3-13(20-12-7-4-6-11(2)10-12)14-18-15(19-21-14)16(17)8-5-9-16;/h11-13H,3-10,17H2,1-2H3;1H. The molecule has 2 aliphatic rings. The first kappa shape index (κ1) is 17.7. The summed E-state index contributed by atoms with van der Waals surface area (Å²) in [5.74, 6) is 2.01. The van der Waals surface area contributed by atoms with E-state index in [4.69, 9.17) is 15.0 Å². The van der Waals surface area contributed by atoms with Crippen molar-refractivity contribution in [2.75, 3.05) is 0 Å². The molecule has 5 nitrogen and oxygen atoms in total. The predicted octanol–water partition coefficient (Wildman–Crippen LogP) is 3.88. The van der Waals surface area contributed by atoms with E-state index in [1.165, 1.54) is 12.8 Å². The number of hydrogen-bond donors (Lipinski definition) is 1. The lowest BCUT2D eigenvalue weighted by Crippen LogP contribution is -2.44. The minimum absolute atomic E-state index is 0. The third-order valence-corrected chi connectivity index (χ3v) is 5.02. The molecule has 2 aliphatic carbocycles. The summed E-state index contributed by atoms with van der Waals surface area (Å²) < 4.78 is 11.7. The van der Waals surface area contributed by atoms with E-state index in [1.807, 2.05) is 0 Å². The van der Waals surface area contributed by atoms with Gasteiger partial charge in [0.05, 0.1) is 11.6 Å². The second-order valence-corrected chi connectivity index (χ2v) is 6.89. The molecule has 6 heteroatoms. The maximum absolute atomic E-state index is 6.26. The molecule has 0 radical (unpaired) electrons. The summed E-state index contributed by atoms with van der Waals surface area (Å²) in [7, 11) is 0. The highest BCUT2D eigenvalue weighted by atomic mass is 35.5. The largest absolute Gasteiger partial charge is 0.365 e. The maximum atomic E-state index is 6.26. The number of rotatable bonds is 5. The fourth-order valence-electron chi connectivity index (χ4n) is 3.41. The normalized spacial score (nSPS) is 28.5. The number of halogens is 1. The van der Waals surface area contributed by atoms with Crippen LogP contribution in [0.4, 0.5) is 0 Å². The summed E-state index contributed by atoms with van der Waals surface area (Å²) >= 11 is 0. The Labute approximate surface area is 138 Å². The summed E-state index contributed by atoms with van der Waals surface area (Å²) in [6, 6.07) is 0. The molecule has 0 aliphatic heterocycles. The highest BCUT2D eigenvalue weighted by molar-refractivity contribution is 5.85. The summed E-state index contributed by atoms with van der Waals surface area (Å²) in [4.78, 5) is 4.53.